The molecule has 2 aromatic heterocycles. The fraction of sp³-hybridized carbons (Fsp3) is 0.174. The molecule has 2 N–H and O–H groups in total. The van der Waals surface area contributed by atoms with E-state index in [9.17, 15) is 9.18 Å². The minimum atomic E-state index is -0.894. The highest BCUT2D eigenvalue weighted by molar-refractivity contribution is 5.78. The van der Waals surface area contributed by atoms with Crippen molar-refractivity contribution in [1.29, 1.82) is 5.41 Å². The van der Waals surface area contributed by atoms with E-state index in [0.29, 0.717) is 18.7 Å². The van der Waals surface area contributed by atoms with Gasteiger partial charge < -0.3 is 14.6 Å². The van der Waals surface area contributed by atoms with Crippen molar-refractivity contribution in [2.24, 2.45) is 7.05 Å². The van der Waals surface area contributed by atoms with Gasteiger partial charge in [-0.2, -0.15) is 0 Å². The zero-order valence-corrected chi connectivity index (χ0v) is 17.3. The van der Waals surface area contributed by atoms with E-state index in [0.717, 1.165) is 28.3 Å². The lowest BCUT2D eigenvalue weighted by atomic mass is 10.1. The molecule has 1 aromatic carbocycles. The Kier molecular flexibility index (Phi) is 6.81. The van der Waals surface area contributed by atoms with Gasteiger partial charge >= 0.3 is 6.03 Å². The van der Waals surface area contributed by atoms with Crippen molar-refractivity contribution in [2.75, 3.05) is 13.4 Å². The second kappa shape index (κ2) is 9.71. The maximum Gasteiger partial charge on any atom is 0.327 e. The number of carbonyl (C=O) groups is 1. The normalized spacial score (nSPS) is 10.5. The smallest absolute Gasteiger partial charge is 0.327 e. The summed E-state index contributed by atoms with van der Waals surface area (Å²) in [5.74, 6) is 1.22. The van der Waals surface area contributed by atoms with E-state index in [1.165, 1.54) is 4.57 Å². The average Bonchev–Trinajstić information content (AvgIpc) is 3.09. The Balaban J connectivity index is 1.71. The van der Waals surface area contributed by atoms with Crippen LogP contribution in [0.25, 0.3) is 23.3 Å². The lowest BCUT2D eigenvalue weighted by molar-refractivity contribution is 0.192. The number of amides is 1. The van der Waals surface area contributed by atoms with Crippen LogP contribution in [0, 0.1) is 5.41 Å². The average molecular weight is 421 g/mol. The molecule has 31 heavy (non-hydrogen) atoms. The summed E-state index contributed by atoms with van der Waals surface area (Å²) < 4.78 is 20.2. The summed E-state index contributed by atoms with van der Waals surface area (Å²) in [6.07, 6.45) is 5.49. The molecule has 0 saturated carbocycles. The maximum atomic E-state index is 12.7. The van der Waals surface area contributed by atoms with Crippen molar-refractivity contribution < 1.29 is 13.9 Å². The molecular formula is C23H24FN5O2. The molecule has 0 unspecified atom stereocenters. The van der Waals surface area contributed by atoms with Crippen LogP contribution in [0.4, 0.5) is 9.18 Å². The largest absolute Gasteiger partial charge is 0.463 e. The topological polar surface area (TPSA) is 84.9 Å². The molecule has 3 rings (SSSR count). The minimum Gasteiger partial charge on any atom is -0.463 e. The minimum absolute atomic E-state index is 0.0542. The molecule has 0 spiro atoms. The molecule has 3 aromatic rings. The zero-order valence-electron chi connectivity index (χ0n) is 17.3. The highest BCUT2D eigenvalue weighted by Crippen LogP contribution is 2.21. The third-order valence-corrected chi connectivity index (χ3v) is 4.85. The molecule has 0 aliphatic rings. The number of pyridine rings is 1. The Morgan fingerprint density at radius 2 is 1.90 bits per heavy atom. The number of benzene rings is 1. The summed E-state index contributed by atoms with van der Waals surface area (Å²) in [4.78, 5) is 17.2. The molecule has 8 heteroatoms. The zero-order chi connectivity index (χ0) is 22.4. The summed E-state index contributed by atoms with van der Waals surface area (Å²) in [6, 6.07) is 9.71. The van der Waals surface area contributed by atoms with Gasteiger partial charge in [0.2, 0.25) is 6.86 Å². The Bertz CT molecular complexity index is 1160. The number of rotatable bonds is 8. The second-order valence-corrected chi connectivity index (χ2v) is 6.70. The summed E-state index contributed by atoms with van der Waals surface area (Å²) in [6.45, 7) is 7.01. The van der Waals surface area contributed by atoms with Gasteiger partial charge in [0.25, 0.3) is 0 Å². The first kappa shape index (κ1) is 21.8. The van der Waals surface area contributed by atoms with Crippen molar-refractivity contribution in [3.8, 4) is 16.9 Å². The third kappa shape index (κ3) is 4.80. The van der Waals surface area contributed by atoms with Gasteiger partial charge in [0, 0.05) is 26.2 Å². The first-order valence-electron chi connectivity index (χ1n) is 9.63. The number of halogens is 1. The van der Waals surface area contributed by atoms with Gasteiger partial charge in [0.15, 0.2) is 0 Å². The molecule has 2 heterocycles. The van der Waals surface area contributed by atoms with E-state index in [-0.39, 0.29) is 5.49 Å². The molecule has 0 aliphatic carbocycles. The Labute approximate surface area is 179 Å². The van der Waals surface area contributed by atoms with Crippen molar-refractivity contribution in [3.63, 3.8) is 0 Å². The van der Waals surface area contributed by atoms with Crippen LogP contribution in [-0.2, 0) is 13.5 Å². The number of aromatic nitrogens is 3. The van der Waals surface area contributed by atoms with Crippen LogP contribution in [0.1, 0.15) is 17.2 Å². The molecule has 0 radical (unpaired) electrons. The molecule has 160 valence electrons. The number of hydrogen-bond donors (Lipinski definition) is 2. The van der Waals surface area contributed by atoms with Crippen LogP contribution >= 0.6 is 0 Å². The standard InChI is InChI=1S/C23H24FN5O2/c1-4-19-20(5-2)28(3)22(27-19)12-13-26-23(30)29-14-17(8-11-21(29)25)16-6-9-18(10-7-16)31-15-24/h4-11,14,25H,1-2,12-13,15H2,3H3,(H,26,30). The summed E-state index contributed by atoms with van der Waals surface area (Å²) in [7, 11) is 1.89. The number of imidazole rings is 1. The number of alkyl halides is 1. The Morgan fingerprint density at radius 1 is 1.19 bits per heavy atom. The van der Waals surface area contributed by atoms with Crippen molar-refractivity contribution >= 4 is 18.2 Å². The van der Waals surface area contributed by atoms with Gasteiger partial charge in [-0.05, 0) is 47.5 Å². The van der Waals surface area contributed by atoms with E-state index in [2.05, 4.69) is 23.5 Å². The predicted molar refractivity (Wildman–Crippen MR) is 118 cm³/mol. The number of carbonyl (C=O) groups excluding carboxylic acids is 1. The van der Waals surface area contributed by atoms with Gasteiger partial charge in [0.1, 0.15) is 17.1 Å². The van der Waals surface area contributed by atoms with Crippen LogP contribution in [-0.4, -0.2) is 33.6 Å². The molecule has 0 saturated heterocycles. The van der Waals surface area contributed by atoms with E-state index < -0.39 is 12.9 Å². The molecule has 0 atom stereocenters. The van der Waals surface area contributed by atoms with E-state index in [4.69, 9.17) is 10.1 Å². The van der Waals surface area contributed by atoms with Crippen LogP contribution < -0.4 is 15.5 Å². The molecule has 1 amide bonds. The first-order chi connectivity index (χ1) is 15.0. The van der Waals surface area contributed by atoms with Crippen molar-refractivity contribution in [3.05, 3.63) is 78.5 Å². The third-order valence-electron chi connectivity index (χ3n) is 4.85. The fourth-order valence-corrected chi connectivity index (χ4v) is 3.21. The lowest BCUT2D eigenvalue weighted by Gasteiger charge is -2.11. The number of ether oxygens (including phenoxy) is 1. The van der Waals surface area contributed by atoms with E-state index >= 15 is 0 Å². The van der Waals surface area contributed by atoms with Gasteiger partial charge in [-0.3, -0.25) is 9.98 Å². The number of hydrogen-bond acceptors (Lipinski definition) is 4. The molecule has 0 fully saturated rings. The second-order valence-electron chi connectivity index (χ2n) is 6.70. The molecule has 0 bridgehead atoms. The van der Waals surface area contributed by atoms with Crippen molar-refractivity contribution in [1.82, 2.24) is 19.4 Å². The van der Waals surface area contributed by atoms with Crippen molar-refractivity contribution in [2.45, 2.75) is 6.42 Å². The number of nitrogens with one attached hydrogen (secondary N) is 2. The number of nitrogens with zero attached hydrogens (tertiary/aromatic N) is 3. The quantitative estimate of drug-likeness (QED) is 0.581. The van der Waals surface area contributed by atoms with Gasteiger partial charge in [-0.25, -0.2) is 14.2 Å². The molecule has 7 nitrogen and oxygen atoms in total. The van der Waals surface area contributed by atoms with Crippen LogP contribution in [0.15, 0.2) is 55.8 Å². The molecular weight excluding hydrogens is 397 g/mol. The molecule has 0 aliphatic heterocycles. The maximum absolute atomic E-state index is 12.7. The summed E-state index contributed by atoms with van der Waals surface area (Å²) in [5.41, 5.74) is 3.23. The highest BCUT2D eigenvalue weighted by Gasteiger charge is 2.11. The van der Waals surface area contributed by atoms with E-state index in [1.807, 2.05) is 11.6 Å². The first-order valence-corrected chi connectivity index (χ1v) is 9.63. The Morgan fingerprint density at radius 3 is 2.52 bits per heavy atom. The summed E-state index contributed by atoms with van der Waals surface area (Å²) >= 11 is 0. The highest BCUT2D eigenvalue weighted by atomic mass is 19.1. The van der Waals surface area contributed by atoms with Crippen LogP contribution in [0.5, 0.6) is 5.75 Å². The monoisotopic (exact) mass is 421 g/mol. The predicted octanol–water partition coefficient (Wildman–Crippen LogP) is 3.76. The summed E-state index contributed by atoms with van der Waals surface area (Å²) in [5, 5.41) is 10.9. The SMILES string of the molecule is C=Cc1nc(CCNC(=O)n2cc(-c3ccc(OCF)cc3)ccc2=N)n(C)c1C=C. The Hall–Kier alpha value is -3.94. The fourth-order valence-electron chi connectivity index (χ4n) is 3.21. The van der Waals surface area contributed by atoms with Gasteiger partial charge in [0.05, 0.1) is 11.4 Å². The van der Waals surface area contributed by atoms with Crippen LogP contribution in [0.2, 0.25) is 0 Å². The lowest BCUT2D eigenvalue weighted by Crippen LogP contribution is -2.37. The van der Waals surface area contributed by atoms with Gasteiger partial charge in [-0.1, -0.05) is 25.3 Å². The van der Waals surface area contributed by atoms with Crippen LogP contribution in [0.3, 0.4) is 0 Å². The van der Waals surface area contributed by atoms with E-state index in [1.54, 1.807) is 54.7 Å². The van der Waals surface area contributed by atoms with Gasteiger partial charge in [-0.15, -0.1) is 0 Å².